The maximum absolute atomic E-state index is 3.47. The first-order chi connectivity index (χ1) is 6.22. The molecule has 0 aliphatic rings. The molecule has 0 bridgehead atoms. The van der Waals surface area contributed by atoms with Crippen molar-refractivity contribution in [2.24, 2.45) is 0 Å². The van der Waals surface area contributed by atoms with Gasteiger partial charge in [-0.25, -0.2) is 0 Å². The van der Waals surface area contributed by atoms with E-state index in [1.165, 1.54) is 27.9 Å². The first-order valence-electron chi connectivity index (χ1n) is 4.64. The fourth-order valence-corrected chi connectivity index (χ4v) is 2.74. The minimum Gasteiger partial charge on any atom is -0.317 e. The second kappa shape index (κ2) is 5.78. The Hall–Kier alpha value is 0.140. The molecule has 0 fully saturated rings. The van der Waals surface area contributed by atoms with Crippen LogP contribution in [0, 0.1) is 0 Å². The summed E-state index contributed by atoms with van der Waals surface area (Å²) in [7, 11) is 2.02. The molecule has 0 spiro atoms. The molecule has 1 atom stereocenters. The Labute approximate surface area is 92.7 Å². The van der Waals surface area contributed by atoms with E-state index in [9.17, 15) is 0 Å². The van der Waals surface area contributed by atoms with Crippen LogP contribution in [0.2, 0.25) is 0 Å². The van der Waals surface area contributed by atoms with Crippen molar-refractivity contribution in [3.63, 3.8) is 0 Å². The molecule has 0 saturated carbocycles. The van der Waals surface area contributed by atoms with Gasteiger partial charge in [-0.3, -0.25) is 0 Å². The number of nitrogens with one attached hydrogen (secondary N) is 1. The zero-order valence-electron chi connectivity index (χ0n) is 8.14. The van der Waals surface area contributed by atoms with E-state index in [0.717, 1.165) is 0 Å². The Balaban J connectivity index is 2.20. The van der Waals surface area contributed by atoms with Gasteiger partial charge in [0.15, 0.2) is 0 Å². The highest BCUT2D eigenvalue weighted by Crippen LogP contribution is 2.23. The highest BCUT2D eigenvalue weighted by Gasteiger charge is 2.00. The molecule has 1 N–H and O–H groups in total. The van der Waals surface area contributed by atoms with E-state index in [2.05, 4.69) is 40.3 Å². The second-order valence-corrected chi connectivity index (χ2v) is 5.84. The molecule has 0 aliphatic heterocycles. The highest BCUT2D eigenvalue weighted by molar-refractivity contribution is 9.11. The van der Waals surface area contributed by atoms with Crippen LogP contribution in [-0.4, -0.2) is 13.1 Å². The molecular weight excluding hydrogens is 246 g/mol. The number of aryl methyl sites for hydroxylation is 1. The number of hydrogen-bond donors (Lipinski definition) is 1. The van der Waals surface area contributed by atoms with Gasteiger partial charge in [0.05, 0.1) is 3.79 Å². The summed E-state index contributed by atoms with van der Waals surface area (Å²) in [5.74, 6) is 0. The van der Waals surface area contributed by atoms with Gasteiger partial charge in [-0.15, -0.1) is 11.3 Å². The maximum Gasteiger partial charge on any atom is 0.0701 e. The fraction of sp³-hybridized carbons (Fsp3) is 0.600. The van der Waals surface area contributed by atoms with E-state index in [1.807, 2.05) is 18.4 Å². The third-order valence-corrected chi connectivity index (χ3v) is 3.87. The number of hydrogen-bond acceptors (Lipinski definition) is 2. The molecule has 0 radical (unpaired) electrons. The Morgan fingerprint density at radius 3 is 2.85 bits per heavy atom. The van der Waals surface area contributed by atoms with Gasteiger partial charge in [0.2, 0.25) is 0 Å². The Morgan fingerprint density at radius 1 is 1.54 bits per heavy atom. The third-order valence-electron chi connectivity index (χ3n) is 2.18. The summed E-state index contributed by atoms with van der Waals surface area (Å²) in [5.41, 5.74) is 0. The van der Waals surface area contributed by atoms with E-state index in [0.29, 0.717) is 6.04 Å². The molecule has 0 aliphatic carbocycles. The number of thiophene rings is 1. The molecule has 74 valence electrons. The zero-order chi connectivity index (χ0) is 9.68. The summed E-state index contributed by atoms with van der Waals surface area (Å²) in [6.07, 6.45) is 3.74. The van der Waals surface area contributed by atoms with E-state index in [4.69, 9.17) is 0 Å². The minimum absolute atomic E-state index is 0.642. The maximum atomic E-state index is 3.47. The van der Waals surface area contributed by atoms with E-state index in [1.54, 1.807) is 0 Å². The normalized spacial score (nSPS) is 13.2. The molecule has 1 unspecified atom stereocenters. The Bertz CT molecular complexity index is 247. The molecule has 1 aromatic heterocycles. The SMILES string of the molecule is CNC(C)CCCc1ccc(Br)s1. The highest BCUT2D eigenvalue weighted by atomic mass is 79.9. The minimum atomic E-state index is 0.642. The van der Waals surface area contributed by atoms with Crippen molar-refractivity contribution in [1.29, 1.82) is 0 Å². The molecule has 0 saturated heterocycles. The summed E-state index contributed by atoms with van der Waals surface area (Å²) in [4.78, 5) is 1.48. The third kappa shape index (κ3) is 4.25. The predicted octanol–water partition coefficient (Wildman–Crippen LogP) is 3.44. The summed E-state index contributed by atoms with van der Waals surface area (Å²) < 4.78 is 1.24. The largest absolute Gasteiger partial charge is 0.317 e. The average Bonchev–Trinajstić information content (AvgIpc) is 2.51. The van der Waals surface area contributed by atoms with Gasteiger partial charge >= 0.3 is 0 Å². The van der Waals surface area contributed by atoms with Gasteiger partial charge in [-0.2, -0.15) is 0 Å². The van der Waals surface area contributed by atoms with E-state index >= 15 is 0 Å². The van der Waals surface area contributed by atoms with Crippen LogP contribution in [0.5, 0.6) is 0 Å². The Kier molecular flexibility index (Phi) is 4.99. The summed E-state index contributed by atoms with van der Waals surface area (Å²) in [5, 5.41) is 3.25. The van der Waals surface area contributed by atoms with Crippen LogP contribution in [0.3, 0.4) is 0 Å². The zero-order valence-corrected chi connectivity index (χ0v) is 10.5. The lowest BCUT2D eigenvalue weighted by Crippen LogP contribution is -2.20. The molecule has 1 nitrogen and oxygen atoms in total. The summed E-state index contributed by atoms with van der Waals surface area (Å²) in [6, 6.07) is 4.98. The standard InChI is InChI=1S/C10H16BrNS/c1-8(12-2)4-3-5-9-6-7-10(11)13-9/h6-8,12H,3-5H2,1-2H3. The van der Waals surface area contributed by atoms with Crippen molar-refractivity contribution in [2.75, 3.05) is 7.05 Å². The molecular formula is C10H16BrNS. The van der Waals surface area contributed by atoms with Crippen LogP contribution >= 0.6 is 27.3 Å². The topological polar surface area (TPSA) is 12.0 Å². The quantitative estimate of drug-likeness (QED) is 0.857. The molecule has 3 heteroatoms. The van der Waals surface area contributed by atoms with Crippen molar-refractivity contribution >= 4 is 27.3 Å². The molecule has 1 rings (SSSR count). The predicted molar refractivity (Wildman–Crippen MR) is 63.5 cm³/mol. The van der Waals surface area contributed by atoms with Crippen LogP contribution < -0.4 is 5.32 Å². The lowest BCUT2D eigenvalue weighted by molar-refractivity contribution is 0.543. The van der Waals surface area contributed by atoms with Crippen molar-refractivity contribution in [3.05, 3.63) is 20.8 Å². The summed E-state index contributed by atoms with van der Waals surface area (Å²) in [6.45, 7) is 2.23. The second-order valence-electron chi connectivity index (χ2n) is 3.29. The van der Waals surface area contributed by atoms with Crippen molar-refractivity contribution < 1.29 is 0 Å². The molecule has 1 heterocycles. The average molecular weight is 262 g/mol. The van der Waals surface area contributed by atoms with Crippen LogP contribution in [0.1, 0.15) is 24.6 Å². The van der Waals surface area contributed by atoms with Gasteiger partial charge in [0.1, 0.15) is 0 Å². The van der Waals surface area contributed by atoms with Gasteiger partial charge in [-0.1, -0.05) is 0 Å². The van der Waals surface area contributed by atoms with Gasteiger partial charge in [-0.05, 0) is 61.3 Å². The number of rotatable bonds is 5. The van der Waals surface area contributed by atoms with E-state index in [-0.39, 0.29) is 0 Å². The van der Waals surface area contributed by atoms with Crippen LogP contribution in [0.4, 0.5) is 0 Å². The monoisotopic (exact) mass is 261 g/mol. The molecule has 13 heavy (non-hydrogen) atoms. The first kappa shape index (κ1) is 11.2. The lowest BCUT2D eigenvalue weighted by Gasteiger charge is -2.08. The summed E-state index contributed by atoms with van der Waals surface area (Å²) >= 11 is 5.32. The van der Waals surface area contributed by atoms with Crippen LogP contribution in [-0.2, 0) is 6.42 Å². The van der Waals surface area contributed by atoms with Gasteiger partial charge in [0, 0.05) is 10.9 Å². The molecule has 0 aromatic carbocycles. The molecule has 0 amide bonds. The number of halogens is 1. The van der Waals surface area contributed by atoms with E-state index < -0.39 is 0 Å². The first-order valence-corrected chi connectivity index (χ1v) is 6.25. The van der Waals surface area contributed by atoms with Crippen molar-refractivity contribution in [2.45, 2.75) is 32.2 Å². The van der Waals surface area contributed by atoms with Crippen LogP contribution in [0.15, 0.2) is 15.9 Å². The smallest absolute Gasteiger partial charge is 0.0701 e. The van der Waals surface area contributed by atoms with Crippen molar-refractivity contribution in [1.82, 2.24) is 5.32 Å². The lowest BCUT2D eigenvalue weighted by atomic mass is 10.1. The van der Waals surface area contributed by atoms with Gasteiger partial charge in [0.25, 0.3) is 0 Å². The Morgan fingerprint density at radius 2 is 2.31 bits per heavy atom. The van der Waals surface area contributed by atoms with Crippen LogP contribution in [0.25, 0.3) is 0 Å². The van der Waals surface area contributed by atoms with Gasteiger partial charge < -0.3 is 5.32 Å². The molecule has 1 aromatic rings. The fourth-order valence-electron chi connectivity index (χ4n) is 1.21. The van der Waals surface area contributed by atoms with Crippen molar-refractivity contribution in [3.8, 4) is 0 Å².